The van der Waals surface area contributed by atoms with E-state index in [4.69, 9.17) is 27.9 Å². The molecular weight excluding hydrogens is 355 g/mol. The number of rotatable bonds is 4. The largest absolute Gasteiger partial charge is 0.363 e. The second-order valence-corrected chi connectivity index (χ2v) is 6.22. The summed E-state index contributed by atoms with van der Waals surface area (Å²) < 4.78 is 6.22. The van der Waals surface area contributed by atoms with Crippen molar-refractivity contribution in [3.05, 3.63) is 26.7 Å². The van der Waals surface area contributed by atoms with Crippen molar-refractivity contribution in [1.82, 2.24) is 5.32 Å². The number of carbonyl (C=O) groups excluding carboxylic acids is 1. The summed E-state index contributed by atoms with van der Waals surface area (Å²) in [6.45, 7) is 3.46. The van der Waals surface area contributed by atoms with Crippen LogP contribution in [0.15, 0.2) is 16.6 Å². The van der Waals surface area contributed by atoms with Crippen molar-refractivity contribution in [3.63, 3.8) is 0 Å². The first-order valence-corrected chi connectivity index (χ1v) is 7.24. The van der Waals surface area contributed by atoms with E-state index in [9.17, 15) is 4.79 Å². The van der Waals surface area contributed by atoms with E-state index in [2.05, 4.69) is 26.6 Å². The zero-order chi connectivity index (χ0) is 14.0. The van der Waals surface area contributed by atoms with Crippen molar-refractivity contribution in [2.75, 3.05) is 25.0 Å². The lowest BCUT2D eigenvalue weighted by Crippen LogP contribution is -2.59. The molecule has 1 aliphatic heterocycles. The highest BCUT2D eigenvalue weighted by Crippen LogP contribution is 2.35. The van der Waals surface area contributed by atoms with Gasteiger partial charge in [0.2, 0.25) is 5.91 Å². The van der Waals surface area contributed by atoms with E-state index < -0.39 is 0 Å². The number of halogens is 3. The summed E-state index contributed by atoms with van der Waals surface area (Å²) in [5.41, 5.74) is 0.221. The molecule has 1 amide bonds. The quantitative estimate of drug-likeness (QED) is 0.804. The third-order valence-electron chi connectivity index (χ3n) is 2.86. The summed E-state index contributed by atoms with van der Waals surface area (Å²) >= 11 is 15.3. The van der Waals surface area contributed by atoms with Crippen LogP contribution in [0.1, 0.15) is 6.92 Å². The Balaban J connectivity index is 1.93. The number of anilines is 1. The Morgan fingerprint density at radius 1 is 1.47 bits per heavy atom. The molecule has 0 spiro atoms. The Morgan fingerprint density at radius 3 is 2.74 bits per heavy atom. The van der Waals surface area contributed by atoms with Gasteiger partial charge < -0.3 is 15.4 Å². The molecule has 0 saturated carbocycles. The molecule has 104 valence electrons. The van der Waals surface area contributed by atoms with Gasteiger partial charge in [0.1, 0.15) is 6.61 Å². The van der Waals surface area contributed by atoms with Gasteiger partial charge >= 0.3 is 0 Å². The second-order valence-electron chi connectivity index (χ2n) is 4.61. The lowest BCUT2D eigenvalue weighted by atomic mass is 10.0. The highest BCUT2D eigenvalue weighted by molar-refractivity contribution is 9.10. The van der Waals surface area contributed by atoms with E-state index in [1.807, 2.05) is 6.92 Å². The number of amides is 1. The molecule has 4 nitrogen and oxygen atoms in total. The predicted molar refractivity (Wildman–Crippen MR) is 80.0 cm³/mol. The lowest BCUT2D eigenvalue weighted by molar-refractivity contribution is -0.130. The second kappa shape index (κ2) is 5.97. The molecule has 2 rings (SSSR count). The number of carbonyl (C=O) groups is 1. The number of benzene rings is 1. The molecule has 0 bridgehead atoms. The van der Waals surface area contributed by atoms with Gasteiger partial charge in [-0.2, -0.15) is 0 Å². The van der Waals surface area contributed by atoms with Crippen molar-refractivity contribution in [1.29, 1.82) is 0 Å². The van der Waals surface area contributed by atoms with Crippen LogP contribution in [-0.4, -0.2) is 31.2 Å². The van der Waals surface area contributed by atoms with Gasteiger partial charge in [-0.25, -0.2) is 0 Å². The fourth-order valence-corrected chi connectivity index (χ4v) is 2.45. The van der Waals surface area contributed by atoms with Crippen molar-refractivity contribution in [2.45, 2.75) is 12.5 Å². The molecule has 1 fully saturated rings. The summed E-state index contributed by atoms with van der Waals surface area (Å²) in [5, 5.41) is 6.45. The van der Waals surface area contributed by atoms with E-state index in [0.717, 1.165) is 13.1 Å². The number of hydrogen-bond acceptors (Lipinski definition) is 3. The normalized spacial score (nSPS) is 16.8. The first-order chi connectivity index (χ1) is 8.91. The van der Waals surface area contributed by atoms with Gasteiger partial charge in [0.15, 0.2) is 0 Å². The summed E-state index contributed by atoms with van der Waals surface area (Å²) in [6, 6.07) is 3.41. The summed E-state index contributed by atoms with van der Waals surface area (Å²) in [7, 11) is 0. The molecule has 1 heterocycles. The van der Waals surface area contributed by atoms with E-state index >= 15 is 0 Å². The molecule has 0 radical (unpaired) electrons. The fraction of sp³-hybridized carbons (Fsp3) is 0.417. The maximum Gasteiger partial charge on any atom is 0.250 e. The molecule has 0 unspecified atom stereocenters. The highest BCUT2D eigenvalue weighted by atomic mass is 79.9. The first kappa shape index (κ1) is 15.1. The molecule has 1 aromatic carbocycles. The highest BCUT2D eigenvalue weighted by Gasteiger charge is 2.33. The van der Waals surface area contributed by atoms with Crippen LogP contribution in [0.4, 0.5) is 5.69 Å². The van der Waals surface area contributed by atoms with Crippen molar-refractivity contribution >= 4 is 50.7 Å². The summed E-state index contributed by atoms with van der Waals surface area (Å²) in [5.74, 6) is -0.256. The van der Waals surface area contributed by atoms with Crippen molar-refractivity contribution < 1.29 is 9.53 Å². The SMILES string of the molecule is CC1(OCC(=O)Nc2ccc(Br)c(Cl)c2Cl)CNC1. The van der Waals surface area contributed by atoms with Crippen LogP contribution in [0.5, 0.6) is 0 Å². The van der Waals surface area contributed by atoms with Crippen LogP contribution in [0.25, 0.3) is 0 Å². The molecule has 19 heavy (non-hydrogen) atoms. The Labute approximate surface area is 129 Å². The smallest absolute Gasteiger partial charge is 0.250 e. The fourth-order valence-electron chi connectivity index (χ4n) is 1.63. The first-order valence-electron chi connectivity index (χ1n) is 5.69. The molecule has 0 aromatic heterocycles. The van der Waals surface area contributed by atoms with Crippen LogP contribution in [0, 0.1) is 0 Å². The van der Waals surface area contributed by atoms with Gasteiger partial charge in [-0.1, -0.05) is 23.2 Å². The van der Waals surface area contributed by atoms with Gasteiger partial charge in [0, 0.05) is 17.6 Å². The minimum atomic E-state index is -0.256. The van der Waals surface area contributed by atoms with Crippen molar-refractivity contribution in [2.24, 2.45) is 0 Å². The van der Waals surface area contributed by atoms with Crippen molar-refractivity contribution in [3.8, 4) is 0 Å². The number of hydrogen-bond donors (Lipinski definition) is 2. The zero-order valence-corrected chi connectivity index (χ0v) is 13.3. The third-order valence-corrected chi connectivity index (χ3v) is 4.63. The van der Waals surface area contributed by atoms with Gasteiger partial charge in [0.05, 0.1) is 21.3 Å². The van der Waals surface area contributed by atoms with E-state index in [-0.39, 0.29) is 18.1 Å². The molecule has 0 aliphatic carbocycles. The Bertz CT molecular complexity index is 507. The van der Waals surface area contributed by atoms with E-state index in [0.29, 0.717) is 20.2 Å². The third kappa shape index (κ3) is 3.61. The van der Waals surface area contributed by atoms with Gasteiger partial charge in [-0.15, -0.1) is 0 Å². The Kier molecular flexibility index (Phi) is 4.74. The Hall–Kier alpha value is -0.330. The molecule has 1 aliphatic rings. The van der Waals surface area contributed by atoms with Crippen LogP contribution in [0.2, 0.25) is 10.0 Å². The molecule has 1 aromatic rings. The average Bonchev–Trinajstić information content (AvgIpc) is 2.35. The van der Waals surface area contributed by atoms with Crippen LogP contribution >= 0.6 is 39.1 Å². The van der Waals surface area contributed by atoms with Gasteiger partial charge in [-0.3, -0.25) is 4.79 Å². The predicted octanol–water partition coefficient (Wildman–Crippen LogP) is 3.07. The zero-order valence-electron chi connectivity index (χ0n) is 10.2. The number of nitrogens with one attached hydrogen (secondary N) is 2. The minimum Gasteiger partial charge on any atom is -0.363 e. The van der Waals surface area contributed by atoms with Gasteiger partial charge in [0.25, 0.3) is 0 Å². The van der Waals surface area contributed by atoms with Gasteiger partial charge in [-0.05, 0) is 35.0 Å². The van der Waals surface area contributed by atoms with Crippen LogP contribution in [-0.2, 0) is 9.53 Å². The van der Waals surface area contributed by atoms with E-state index in [1.54, 1.807) is 12.1 Å². The number of ether oxygens (including phenoxy) is 1. The average molecular weight is 368 g/mol. The van der Waals surface area contributed by atoms with E-state index in [1.165, 1.54) is 0 Å². The van der Waals surface area contributed by atoms with Crippen LogP contribution < -0.4 is 10.6 Å². The maximum absolute atomic E-state index is 11.8. The monoisotopic (exact) mass is 366 g/mol. The minimum absolute atomic E-state index is 0.0117. The standard InChI is InChI=1S/C12H13BrCl2N2O2/c1-12(5-16-6-12)19-4-9(18)17-8-3-2-7(13)10(14)11(8)15/h2-3,16H,4-6H2,1H3,(H,17,18). The lowest BCUT2D eigenvalue weighted by Gasteiger charge is -2.38. The summed E-state index contributed by atoms with van der Waals surface area (Å²) in [6.07, 6.45) is 0. The maximum atomic E-state index is 11.8. The topological polar surface area (TPSA) is 50.4 Å². The Morgan fingerprint density at radius 2 is 2.16 bits per heavy atom. The molecular formula is C12H13BrCl2N2O2. The molecule has 0 atom stereocenters. The van der Waals surface area contributed by atoms with Crippen LogP contribution in [0.3, 0.4) is 0 Å². The molecule has 2 N–H and O–H groups in total. The molecule has 1 saturated heterocycles. The summed E-state index contributed by atoms with van der Waals surface area (Å²) in [4.78, 5) is 11.8. The molecule has 7 heteroatoms.